The van der Waals surface area contributed by atoms with Gasteiger partial charge in [0.1, 0.15) is 6.33 Å². The molecule has 0 saturated heterocycles. The van der Waals surface area contributed by atoms with E-state index in [1.807, 2.05) is 0 Å². The normalized spacial score (nSPS) is 12.3. The number of aliphatic carboxylic acids is 1. The topological polar surface area (TPSA) is 90.0 Å². The second-order valence-electron chi connectivity index (χ2n) is 3.46. The lowest BCUT2D eigenvalue weighted by atomic mass is 10.3. The highest BCUT2D eigenvalue weighted by atomic mass is 16.4. The van der Waals surface area contributed by atoms with Crippen molar-refractivity contribution in [3.63, 3.8) is 0 Å². The van der Waals surface area contributed by atoms with E-state index in [2.05, 4.69) is 10.1 Å². The summed E-state index contributed by atoms with van der Waals surface area (Å²) >= 11 is 0. The second-order valence-corrected chi connectivity index (χ2v) is 3.46. The lowest BCUT2D eigenvalue weighted by molar-refractivity contribution is -0.140. The minimum Gasteiger partial charge on any atom is -0.480 e. The molecule has 0 amide bonds. The molecule has 0 saturated carbocycles. The third kappa shape index (κ3) is 2.07. The van der Waals surface area contributed by atoms with Gasteiger partial charge in [-0.15, -0.1) is 0 Å². The largest absolute Gasteiger partial charge is 0.480 e. The Morgan fingerprint density at radius 2 is 2.24 bits per heavy atom. The second kappa shape index (κ2) is 4.20. The standard InChI is InChI=1S/C10H10N4O3/c1-7(10(16)17)14-9(15)3-2-8(12-14)13-5-4-11-6-13/h2-7H,1H3,(H,16,17)/t7-/m0/s1. The molecule has 0 aliphatic rings. The molecule has 0 unspecified atom stereocenters. The van der Waals surface area contributed by atoms with Crippen LogP contribution in [0.4, 0.5) is 0 Å². The van der Waals surface area contributed by atoms with Crippen molar-refractivity contribution in [2.24, 2.45) is 0 Å². The van der Waals surface area contributed by atoms with E-state index in [0.717, 1.165) is 4.68 Å². The van der Waals surface area contributed by atoms with Gasteiger partial charge in [0, 0.05) is 18.5 Å². The summed E-state index contributed by atoms with van der Waals surface area (Å²) in [6, 6.07) is 1.78. The molecule has 2 rings (SSSR count). The molecule has 0 aromatic carbocycles. The minimum absolute atomic E-state index is 0.440. The molecular weight excluding hydrogens is 224 g/mol. The molecule has 0 aliphatic heterocycles. The van der Waals surface area contributed by atoms with Gasteiger partial charge in [-0.2, -0.15) is 5.10 Å². The van der Waals surface area contributed by atoms with E-state index < -0.39 is 17.6 Å². The molecule has 0 fully saturated rings. The average molecular weight is 234 g/mol. The van der Waals surface area contributed by atoms with Crippen LogP contribution in [0.1, 0.15) is 13.0 Å². The van der Waals surface area contributed by atoms with Crippen molar-refractivity contribution in [2.75, 3.05) is 0 Å². The van der Waals surface area contributed by atoms with Gasteiger partial charge in [0.05, 0.1) is 0 Å². The fourth-order valence-electron chi connectivity index (χ4n) is 1.33. The smallest absolute Gasteiger partial charge is 0.328 e. The van der Waals surface area contributed by atoms with Crippen LogP contribution >= 0.6 is 0 Å². The maximum absolute atomic E-state index is 11.5. The van der Waals surface area contributed by atoms with Crippen LogP contribution < -0.4 is 5.56 Å². The summed E-state index contributed by atoms with van der Waals surface area (Å²) in [7, 11) is 0. The van der Waals surface area contributed by atoms with E-state index >= 15 is 0 Å². The number of carboxylic acids is 1. The van der Waals surface area contributed by atoms with Crippen LogP contribution in [0, 0.1) is 0 Å². The summed E-state index contributed by atoms with van der Waals surface area (Å²) in [5, 5.41) is 12.8. The molecule has 0 bridgehead atoms. The molecule has 0 spiro atoms. The summed E-state index contributed by atoms with van der Waals surface area (Å²) in [5.74, 6) is -0.669. The Morgan fingerprint density at radius 1 is 1.47 bits per heavy atom. The highest BCUT2D eigenvalue weighted by molar-refractivity contribution is 5.71. The van der Waals surface area contributed by atoms with Gasteiger partial charge in [0.15, 0.2) is 11.9 Å². The quantitative estimate of drug-likeness (QED) is 0.811. The molecular formula is C10H10N4O3. The van der Waals surface area contributed by atoms with Crippen molar-refractivity contribution in [3.8, 4) is 5.82 Å². The Balaban J connectivity index is 2.50. The Hall–Kier alpha value is -2.44. The molecule has 1 N–H and O–H groups in total. The zero-order chi connectivity index (χ0) is 12.4. The highest BCUT2D eigenvalue weighted by Gasteiger charge is 2.16. The fraction of sp³-hybridized carbons (Fsp3) is 0.200. The molecule has 2 aromatic rings. The molecule has 0 radical (unpaired) electrons. The number of hydrogen-bond donors (Lipinski definition) is 1. The molecule has 17 heavy (non-hydrogen) atoms. The molecule has 7 nitrogen and oxygen atoms in total. The Bertz CT molecular complexity index is 588. The predicted molar refractivity (Wildman–Crippen MR) is 58.0 cm³/mol. The van der Waals surface area contributed by atoms with Crippen LogP contribution in [0.15, 0.2) is 35.6 Å². The van der Waals surface area contributed by atoms with Gasteiger partial charge in [0.2, 0.25) is 0 Å². The first-order valence-corrected chi connectivity index (χ1v) is 4.90. The van der Waals surface area contributed by atoms with Crippen molar-refractivity contribution in [3.05, 3.63) is 41.2 Å². The van der Waals surface area contributed by atoms with Crippen LogP contribution in [-0.4, -0.2) is 30.4 Å². The van der Waals surface area contributed by atoms with Gasteiger partial charge < -0.3 is 5.11 Å². The lowest BCUT2D eigenvalue weighted by Crippen LogP contribution is -2.30. The molecule has 88 valence electrons. The molecule has 1 atom stereocenters. The van der Waals surface area contributed by atoms with Gasteiger partial charge in [-0.3, -0.25) is 9.36 Å². The first kappa shape index (κ1) is 11.1. The number of rotatable bonds is 3. The van der Waals surface area contributed by atoms with Gasteiger partial charge in [-0.25, -0.2) is 14.5 Å². The van der Waals surface area contributed by atoms with Crippen LogP contribution in [0.3, 0.4) is 0 Å². The number of hydrogen-bond acceptors (Lipinski definition) is 4. The molecule has 2 heterocycles. The molecule has 2 aromatic heterocycles. The first-order valence-electron chi connectivity index (χ1n) is 4.90. The van der Waals surface area contributed by atoms with E-state index in [4.69, 9.17) is 5.11 Å². The van der Waals surface area contributed by atoms with Crippen LogP contribution in [-0.2, 0) is 4.79 Å². The maximum Gasteiger partial charge on any atom is 0.328 e. The number of carbonyl (C=O) groups is 1. The number of nitrogens with zero attached hydrogens (tertiary/aromatic N) is 4. The Labute approximate surface area is 96.0 Å². The van der Waals surface area contributed by atoms with Crippen molar-refractivity contribution in [1.82, 2.24) is 19.3 Å². The Kier molecular flexibility index (Phi) is 2.73. The van der Waals surface area contributed by atoms with E-state index in [9.17, 15) is 9.59 Å². The predicted octanol–water partition coefficient (Wildman–Crippen LogP) is 0.0746. The summed E-state index contributed by atoms with van der Waals surface area (Å²) < 4.78 is 2.52. The van der Waals surface area contributed by atoms with E-state index in [1.165, 1.54) is 25.4 Å². The van der Waals surface area contributed by atoms with Crippen molar-refractivity contribution < 1.29 is 9.90 Å². The number of imidazole rings is 1. The monoisotopic (exact) mass is 234 g/mol. The SMILES string of the molecule is C[C@@H](C(=O)O)n1nc(-n2ccnc2)ccc1=O. The summed E-state index contributed by atoms with van der Waals surface area (Å²) in [5.41, 5.74) is -0.455. The van der Waals surface area contributed by atoms with Crippen LogP contribution in [0.2, 0.25) is 0 Å². The average Bonchev–Trinajstić information content (AvgIpc) is 2.82. The molecule has 0 aliphatic carbocycles. The third-order valence-electron chi connectivity index (χ3n) is 2.30. The zero-order valence-corrected chi connectivity index (χ0v) is 9.02. The fourth-order valence-corrected chi connectivity index (χ4v) is 1.33. The van der Waals surface area contributed by atoms with Crippen LogP contribution in [0.5, 0.6) is 0 Å². The van der Waals surface area contributed by atoms with Crippen molar-refractivity contribution >= 4 is 5.97 Å². The number of aromatic nitrogens is 4. The van der Waals surface area contributed by atoms with Gasteiger partial charge in [-0.05, 0) is 13.0 Å². The lowest BCUT2D eigenvalue weighted by Gasteiger charge is -2.10. The van der Waals surface area contributed by atoms with E-state index in [-0.39, 0.29) is 0 Å². The maximum atomic E-state index is 11.5. The summed E-state index contributed by atoms with van der Waals surface area (Å²) in [4.78, 5) is 26.2. The molecule has 7 heteroatoms. The van der Waals surface area contributed by atoms with Gasteiger partial charge >= 0.3 is 5.97 Å². The van der Waals surface area contributed by atoms with Gasteiger partial charge in [-0.1, -0.05) is 0 Å². The highest BCUT2D eigenvalue weighted by Crippen LogP contribution is 2.04. The summed E-state index contributed by atoms with van der Waals surface area (Å²) in [6.07, 6.45) is 4.74. The number of carboxylic acid groups (broad SMARTS) is 1. The van der Waals surface area contributed by atoms with Gasteiger partial charge in [0.25, 0.3) is 5.56 Å². The van der Waals surface area contributed by atoms with Crippen LogP contribution in [0.25, 0.3) is 5.82 Å². The Morgan fingerprint density at radius 3 is 2.82 bits per heavy atom. The van der Waals surface area contributed by atoms with Crippen molar-refractivity contribution in [1.29, 1.82) is 0 Å². The first-order chi connectivity index (χ1) is 8.09. The van der Waals surface area contributed by atoms with E-state index in [1.54, 1.807) is 17.0 Å². The zero-order valence-electron chi connectivity index (χ0n) is 9.02. The third-order valence-corrected chi connectivity index (χ3v) is 2.30. The minimum atomic E-state index is -1.11. The van der Waals surface area contributed by atoms with Crippen molar-refractivity contribution in [2.45, 2.75) is 13.0 Å². The summed E-state index contributed by atoms with van der Waals surface area (Å²) in [6.45, 7) is 1.40. The van der Waals surface area contributed by atoms with E-state index in [0.29, 0.717) is 5.82 Å².